The fourth-order valence-corrected chi connectivity index (χ4v) is 4.65. The number of carboxylic acid groups (broad SMARTS) is 1. The van der Waals surface area contributed by atoms with Gasteiger partial charge in [0.25, 0.3) is 0 Å². The number of halogens is 3. The molecule has 3 heterocycles. The molecule has 2 aliphatic rings. The van der Waals surface area contributed by atoms with E-state index in [0.717, 1.165) is 42.1 Å². The monoisotopic (exact) mass is 575 g/mol. The molecule has 0 unspecified atom stereocenters. The molecule has 1 saturated heterocycles. The second kappa shape index (κ2) is 13.5. The summed E-state index contributed by atoms with van der Waals surface area (Å²) in [6.07, 6.45) is 1.65. The summed E-state index contributed by atoms with van der Waals surface area (Å²) in [6, 6.07) is 11.5. The minimum Gasteiger partial charge on any atom is -0.497 e. The smallest absolute Gasteiger partial charge is 0.490 e. The van der Waals surface area contributed by atoms with Crippen molar-refractivity contribution < 1.29 is 37.3 Å². The first-order valence-corrected chi connectivity index (χ1v) is 13.1. The van der Waals surface area contributed by atoms with Crippen LogP contribution in [0, 0.1) is 0 Å². The topological polar surface area (TPSA) is 129 Å². The van der Waals surface area contributed by atoms with Crippen LogP contribution in [0.5, 0.6) is 11.5 Å². The van der Waals surface area contributed by atoms with Gasteiger partial charge in [-0.15, -0.1) is 0 Å². The SMILES string of the molecule is COc1ccc2c(c1)C[C@H](C(=O)Nc1ccc(-c3cn[nH]c3)cc1OCCN1CCCC1)NC2.O=C(O)C(F)(F)F. The quantitative estimate of drug-likeness (QED) is 0.319. The fourth-order valence-electron chi connectivity index (χ4n) is 4.65. The maximum Gasteiger partial charge on any atom is 0.490 e. The third-order valence-electron chi connectivity index (χ3n) is 6.87. The van der Waals surface area contributed by atoms with E-state index in [4.69, 9.17) is 19.4 Å². The zero-order valence-electron chi connectivity index (χ0n) is 22.5. The van der Waals surface area contributed by atoms with Gasteiger partial charge in [0.1, 0.15) is 18.1 Å². The Labute approximate surface area is 234 Å². The number of nitrogens with zero attached hydrogens (tertiary/aromatic N) is 2. The number of benzene rings is 2. The molecule has 0 bridgehead atoms. The number of carbonyl (C=O) groups excluding carboxylic acids is 1. The number of aromatic amines is 1. The van der Waals surface area contributed by atoms with Crippen LogP contribution in [0.2, 0.25) is 0 Å². The van der Waals surface area contributed by atoms with Gasteiger partial charge in [0.2, 0.25) is 5.91 Å². The highest BCUT2D eigenvalue weighted by atomic mass is 19.4. The Kier molecular flexibility index (Phi) is 9.84. The molecule has 1 amide bonds. The Morgan fingerprint density at radius 1 is 1.12 bits per heavy atom. The number of hydrogen-bond acceptors (Lipinski definition) is 7. The van der Waals surface area contributed by atoms with E-state index in [1.54, 1.807) is 13.3 Å². The van der Waals surface area contributed by atoms with Crippen molar-refractivity contribution in [2.24, 2.45) is 0 Å². The van der Waals surface area contributed by atoms with Gasteiger partial charge < -0.3 is 25.2 Å². The van der Waals surface area contributed by atoms with E-state index in [1.807, 2.05) is 36.5 Å². The third kappa shape index (κ3) is 8.21. The average molecular weight is 576 g/mol. The van der Waals surface area contributed by atoms with Gasteiger partial charge in [-0.3, -0.25) is 14.8 Å². The zero-order valence-corrected chi connectivity index (χ0v) is 22.5. The van der Waals surface area contributed by atoms with Crippen LogP contribution in [-0.2, 0) is 22.6 Å². The number of amides is 1. The van der Waals surface area contributed by atoms with E-state index < -0.39 is 12.1 Å². The molecular formula is C28H32F3N5O5. The lowest BCUT2D eigenvalue weighted by atomic mass is 9.95. The number of aromatic nitrogens is 2. The van der Waals surface area contributed by atoms with Crippen LogP contribution in [0.15, 0.2) is 48.8 Å². The predicted molar refractivity (Wildman–Crippen MR) is 145 cm³/mol. The molecule has 5 rings (SSSR count). The number of nitrogens with one attached hydrogen (secondary N) is 3. The first-order chi connectivity index (χ1) is 19.6. The summed E-state index contributed by atoms with van der Waals surface area (Å²) in [5.41, 5.74) is 4.97. The van der Waals surface area contributed by atoms with E-state index in [9.17, 15) is 18.0 Å². The number of likely N-dealkylation sites (tertiary alicyclic amines) is 1. The standard InChI is InChI=1S/C26H31N5O3.C2HF3O2/c1-33-22-6-4-19-15-27-24(13-20(19)12-22)26(32)30-23-7-5-18(21-16-28-29-17-21)14-25(23)34-11-10-31-8-2-3-9-31;3-2(4,5)1(6)7/h4-7,12,14,16-17,24,27H,2-3,8-11,13,15H2,1H3,(H,28,29)(H,30,32);(H,6,7)/t24-;/m1./s1. The number of aliphatic carboxylic acids is 1. The van der Waals surface area contributed by atoms with Crippen molar-refractivity contribution >= 4 is 17.6 Å². The van der Waals surface area contributed by atoms with Crippen LogP contribution in [0.4, 0.5) is 18.9 Å². The maximum absolute atomic E-state index is 13.2. The van der Waals surface area contributed by atoms with E-state index >= 15 is 0 Å². The number of carboxylic acids is 1. The Morgan fingerprint density at radius 3 is 2.54 bits per heavy atom. The summed E-state index contributed by atoms with van der Waals surface area (Å²) in [7, 11) is 1.66. The van der Waals surface area contributed by atoms with Gasteiger partial charge in [0.05, 0.1) is 25.0 Å². The van der Waals surface area contributed by atoms with Gasteiger partial charge in [-0.1, -0.05) is 12.1 Å². The van der Waals surface area contributed by atoms with Crippen molar-refractivity contribution in [3.63, 3.8) is 0 Å². The van der Waals surface area contributed by atoms with Crippen LogP contribution < -0.4 is 20.1 Å². The molecule has 1 fully saturated rings. The molecule has 2 aromatic carbocycles. The third-order valence-corrected chi connectivity index (χ3v) is 6.87. The number of ether oxygens (including phenoxy) is 2. The van der Waals surface area contributed by atoms with E-state index in [-0.39, 0.29) is 11.9 Å². The Bertz CT molecular complexity index is 1330. The molecule has 0 spiro atoms. The molecule has 0 radical (unpaired) electrons. The van der Waals surface area contributed by atoms with Crippen LogP contribution in [-0.4, -0.2) is 77.6 Å². The molecule has 1 aromatic heterocycles. The lowest BCUT2D eigenvalue weighted by Crippen LogP contribution is -2.44. The number of methoxy groups -OCH3 is 1. The van der Waals surface area contributed by atoms with Crippen molar-refractivity contribution in [1.29, 1.82) is 0 Å². The highest BCUT2D eigenvalue weighted by Crippen LogP contribution is 2.31. The first-order valence-electron chi connectivity index (χ1n) is 13.1. The minimum atomic E-state index is -5.08. The summed E-state index contributed by atoms with van der Waals surface area (Å²) in [5.74, 6) is -1.35. The van der Waals surface area contributed by atoms with Crippen molar-refractivity contribution in [1.82, 2.24) is 20.4 Å². The lowest BCUT2D eigenvalue weighted by Gasteiger charge is -2.26. The lowest BCUT2D eigenvalue weighted by molar-refractivity contribution is -0.192. The van der Waals surface area contributed by atoms with Crippen molar-refractivity contribution in [3.05, 3.63) is 59.9 Å². The van der Waals surface area contributed by atoms with Gasteiger partial charge in [0.15, 0.2) is 0 Å². The van der Waals surface area contributed by atoms with Gasteiger partial charge in [-0.2, -0.15) is 18.3 Å². The second-order valence-corrected chi connectivity index (χ2v) is 9.66. The molecule has 2 aliphatic heterocycles. The Balaban J connectivity index is 0.000000493. The number of hydrogen-bond donors (Lipinski definition) is 4. The normalized spacial score (nSPS) is 16.7. The minimum absolute atomic E-state index is 0.0751. The summed E-state index contributed by atoms with van der Waals surface area (Å²) < 4.78 is 43.3. The van der Waals surface area contributed by atoms with E-state index in [0.29, 0.717) is 31.0 Å². The van der Waals surface area contributed by atoms with Gasteiger partial charge in [-0.25, -0.2) is 4.79 Å². The molecule has 4 N–H and O–H groups in total. The van der Waals surface area contributed by atoms with Crippen molar-refractivity contribution in [2.45, 2.75) is 38.0 Å². The summed E-state index contributed by atoms with van der Waals surface area (Å²) >= 11 is 0. The molecule has 13 heteroatoms. The Hall–Kier alpha value is -4.10. The number of alkyl halides is 3. The summed E-state index contributed by atoms with van der Waals surface area (Å²) in [4.78, 5) is 24.5. The number of anilines is 1. The number of fused-ring (bicyclic) bond motifs is 1. The van der Waals surface area contributed by atoms with E-state index in [2.05, 4.69) is 31.8 Å². The van der Waals surface area contributed by atoms with E-state index in [1.165, 1.54) is 18.4 Å². The highest BCUT2D eigenvalue weighted by Gasteiger charge is 2.38. The van der Waals surface area contributed by atoms with Crippen molar-refractivity contribution in [3.8, 4) is 22.6 Å². The molecule has 0 saturated carbocycles. The fraction of sp³-hybridized carbons (Fsp3) is 0.393. The van der Waals surface area contributed by atoms with Gasteiger partial charge in [-0.05, 0) is 73.3 Å². The van der Waals surface area contributed by atoms with Crippen LogP contribution in [0.3, 0.4) is 0 Å². The second-order valence-electron chi connectivity index (χ2n) is 9.66. The highest BCUT2D eigenvalue weighted by molar-refractivity contribution is 5.97. The summed E-state index contributed by atoms with van der Waals surface area (Å²) in [5, 5.41) is 20.5. The molecule has 0 aliphatic carbocycles. The average Bonchev–Trinajstić information content (AvgIpc) is 3.68. The van der Waals surface area contributed by atoms with Crippen LogP contribution in [0.25, 0.3) is 11.1 Å². The van der Waals surface area contributed by atoms with Gasteiger partial charge >= 0.3 is 12.1 Å². The summed E-state index contributed by atoms with van der Waals surface area (Å²) in [6.45, 7) is 4.36. The van der Waals surface area contributed by atoms with Crippen molar-refractivity contribution in [2.75, 3.05) is 38.7 Å². The van der Waals surface area contributed by atoms with Crippen LogP contribution >= 0.6 is 0 Å². The number of rotatable bonds is 8. The molecular weight excluding hydrogens is 543 g/mol. The number of carbonyl (C=O) groups is 2. The van der Waals surface area contributed by atoms with Crippen LogP contribution in [0.1, 0.15) is 24.0 Å². The molecule has 3 aromatic rings. The Morgan fingerprint density at radius 2 is 1.88 bits per heavy atom. The first kappa shape index (κ1) is 29.9. The molecule has 10 nitrogen and oxygen atoms in total. The van der Waals surface area contributed by atoms with Gasteiger partial charge in [0, 0.05) is 24.8 Å². The maximum atomic E-state index is 13.2. The largest absolute Gasteiger partial charge is 0.497 e. The predicted octanol–water partition coefficient (Wildman–Crippen LogP) is 3.85. The molecule has 220 valence electrons. The molecule has 1 atom stereocenters. The molecule has 41 heavy (non-hydrogen) atoms. The zero-order chi connectivity index (χ0) is 29.4. The number of H-pyrrole nitrogens is 1.